The molecule has 6 nitrogen and oxygen atoms in total. The lowest BCUT2D eigenvalue weighted by Crippen LogP contribution is -2.39. The first-order chi connectivity index (χ1) is 12.5. The van der Waals surface area contributed by atoms with Crippen LogP contribution in [0.1, 0.15) is 43.5 Å². The van der Waals surface area contributed by atoms with Crippen LogP contribution in [0.25, 0.3) is 10.9 Å². The van der Waals surface area contributed by atoms with E-state index >= 15 is 0 Å². The van der Waals surface area contributed by atoms with Crippen molar-refractivity contribution < 1.29 is 14.3 Å². The largest absolute Gasteiger partial charge is 0.457 e. The molecule has 3 atom stereocenters. The summed E-state index contributed by atoms with van der Waals surface area (Å²) < 4.78 is 5.43. The predicted molar refractivity (Wildman–Crippen MR) is 95.5 cm³/mol. The van der Waals surface area contributed by atoms with Crippen LogP contribution in [0.2, 0.25) is 0 Å². The van der Waals surface area contributed by atoms with Gasteiger partial charge in [0.1, 0.15) is 18.2 Å². The number of carbonyl (C=O) groups is 2. The molecule has 2 fully saturated rings. The monoisotopic (exact) mass is 354 g/mol. The standard InChI is InChI=1S/C20H22N2O4/c1-11-4-2-7-15-17(11)21-16(22-19(15)24)10-26-20(25)14-8-12-5-3-6-13(9-14)18(12)23/h2,4,7,12-14H,3,5-6,8-10H2,1H3,(H,21,22,24)/t12-,13+,14?. The first kappa shape index (κ1) is 16.9. The number of ether oxygens (including phenoxy) is 1. The van der Waals surface area contributed by atoms with E-state index in [-0.39, 0.29) is 35.9 Å². The second-order valence-electron chi connectivity index (χ2n) is 7.49. The molecule has 2 saturated carbocycles. The topological polar surface area (TPSA) is 89.1 Å². The number of aromatic nitrogens is 2. The van der Waals surface area contributed by atoms with Gasteiger partial charge in [-0.05, 0) is 44.2 Å². The molecule has 2 aromatic rings. The van der Waals surface area contributed by atoms with Crippen molar-refractivity contribution in [3.8, 4) is 0 Å². The molecule has 1 unspecified atom stereocenters. The number of fused-ring (bicyclic) bond motifs is 3. The average Bonchev–Trinajstić information content (AvgIpc) is 2.60. The highest BCUT2D eigenvalue weighted by Gasteiger charge is 2.41. The third-order valence-electron chi connectivity index (χ3n) is 5.72. The van der Waals surface area contributed by atoms with Gasteiger partial charge in [0.25, 0.3) is 5.56 Å². The third kappa shape index (κ3) is 3.04. The number of nitrogens with one attached hydrogen (secondary N) is 1. The molecule has 136 valence electrons. The highest BCUT2D eigenvalue weighted by Crippen LogP contribution is 2.40. The van der Waals surface area contributed by atoms with E-state index in [0.717, 1.165) is 24.8 Å². The van der Waals surface area contributed by atoms with Gasteiger partial charge in [0.2, 0.25) is 0 Å². The minimum absolute atomic E-state index is 0.0151. The molecule has 0 amide bonds. The second kappa shape index (κ2) is 6.67. The highest BCUT2D eigenvalue weighted by molar-refractivity contribution is 5.87. The Hall–Kier alpha value is -2.50. The van der Waals surface area contributed by atoms with Gasteiger partial charge in [-0.25, -0.2) is 4.98 Å². The number of aryl methyl sites for hydroxylation is 1. The summed E-state index contributed by atoms with van der Waals surface area (Å²) in [6.45, 7) is 1.83. The lowest BCUT2D eigenvalue weighted by atomic mass is 9.67. The molecule has 1 N–H and O–H groups in total. The number of para-hydroxylation sites is 1. The average molecular weight is 354 g/mol. The molecule has 1 aromatic heterocycles. The number of hydrogen-bond acceptors (Lipinski definition) is 5. The van der Waals surface area contributed by atoms with Crippen molar-refractivity contribution in [3.05, 3.63) is 39.9 Å². The van der Waals surface area contributed by atoms with Crippen LogP contribution in [-0.4, -0.2) is 21.7 Å². The van der Waals surface area contributed by atoms with Crippen LogP contribution in [0.15, 0.2) is 23.0 Å². The number of nitrogens with zero attached hydrogens (tertiary/aromatic N) is 1. The number of esters is 1. The smallest absolute Gasteiger partial charge is 0.309 e. The fourth-order valence-electron chi connectivity index (χ4n) is 4.35. The van der Waals surface area contributed by atoms with Gasteiger partial charge in [-0.15, -0.1) is 0 Å². The molecule has 2 aliphatic carbocycles. The molecule has 0 radical (unpaired) electrons. The maximum atomic E-state index is 12.5. The number of benzene rings is 1. The fraction of sp³-hybridized carbons (Fsp3) is 0.500. The zero-order valence-electron chi connectivity index (χ0n) is 14.8. The van der Waals surface area contributed by atoms with E-state index in [2.05, 4.69) is 9.97 Å². The maximum absolute atomic E-state index is 12.5. The van der Waals surface area contributed by atoms with E-state index in [1.165, 1.54) is 0 Å². The quantitative estimate of drug-likeness (QED) is 0.856. The van der Waals surface area contributed by atoms with Gasteiger partial charge in [-0.2, -0.15) is 0 Å². The minimum Gasteiger partial charge on any atom is -0.457 e. The van der Waals surface area contributed by atoms with Crippen molar-refractivity contribution in [2.75, 3.05) is 0 Å². The Balaban J connectivity index is 1.47. The third-order valence-corrected chi connectivity index (χ3v) is 5.72. The second-order valence-corrected chi connectivity index (χ2v) is 7.49. The van der Waals surface area contributed by atoms with Crippen molar-refractivity contribution in [1.82, 2.24) is 9.97 Å². The summed E-state index contributed by atoms with van der Waals surface area (Å²) in [6.07, 6.45) is 4.03. The summed E-state index contributed by atoms with van der Waals surface area (Å²) in [6, 6.07) is 5.43. The van der Waals surface area contributed by atoms with Crippen LogP contribution in [0.5, 0.6) is 0 Å². The van der Waals surface area contributed by atoms with Crippen LogP contribution in [-0.2, 0) is 20.9 Å². The Morgan fingerprint density at radius 1 is 1.23 bits per heavy atom. The molecule has 1 aromatic carbocycles. The Labute approximate surface area is 151 Å². The maximum Gasteiger partial charge on any atom is 0.309 e. The van der Waals surface area contributed by atoms with Crippen LogP contribution < -0.4 is 5.56 Å². The van der Waals surface area contributed by atoms with Crippen molar-refractivity contribution in [1.29, 1.82) is 0 Å². The number of aromatic amines is 1. The Morgan fingerprint density at radius 2 is 1.96 bits per heavy atom. The lowest BCUT2D eigenvalue weighted by Gasteiger charge is -2.36. The van der Waals surface area contributed by atoms with Crippen LogP contribution in [0, 0.1) is 24.7 Å². The van der Waals surface area contributed by atoms with Crippen molar-refractivity contribution in [2.24, 2.45) is 17.8 Å². The number of rotatable bonds is 3. The Bertz CT molecular complexity index is 917. The summed E-state index contributed by atoms with van der Waals surface area (Å²) in [7, 11) is 0. The van der Waals surface area contributed by atoms with Gasteiger partial charge in [0, 0.05) is 11.8 Å². The molecule has 0 aliphatic heterocycles. The minimum atomic E-state index is -0.290. The van der Waals surface area contributed by atoms with E-state index in [4.69, 9.17) is 4.74 Å². The number of ketones is 1. The van der Waals surface area contributed by atoms with Crippen LogP contribution in [0.3, 0.4) is 0 Å². The lowest BCUT2D eigenvalue weighted by molar-refractivity contribution is -0.155. The number of hydrogen-bond donors (Lipinski definition) is 1. The first-order valence-corrected chi connectivity index (χ1v) is 9.22. The molecule has 4 rings (SSSR count). The SMILES string of the molecule is Cc1cccc2c(=O)[nH]c(COC(=O)C3C[C@H]4CCC[C@@H](C3)C4=O)nc12. The molecular weight excluding hydrogens is 332 g/mol. The summed E-state index contributed by atoms with van der Waals surface area (Å²) >= 11 is 0. The van der Waals surface area contributed by atoms with E-state index in [1.807, 2.05) is 19.1 Å². The molecule has 0 spiro atoms. The van der Waals surface area contributed by atoms with Gasteiger partial charge in [0.15, 0.2) is 0 Å². The normalized spacial score (nSPS) is 25.3. The van der Waals surface area contributed by atoms with Crippen LogP contribution >= 0.6 is 0 Å². The Kier molecular flexibility index (Phi) is 4.34. The number of carbonyl (C=O) groups excluding carboxylic acids is 2. The first-order valence-electron chi connectivity index (χ1n) is 9.22. The van der Waals surface area contributed by atoms with Gasteiger partial charge in [-0.3, -0.25) is 14.4 Å². The molecule has 26 heavy (non-hydrogen) atoms. The van der Waals surface area contributed by atoms with Gasteiger partial charge in [-0.1, -0.05) is 18.6 Å². The predicted octanol–water partition coefficient (Wildman–Crippen LogP) is 2.67. The summed E-state index contributed by atoms with van der Waals surface area (Å²) in [5.41, 5.74) is 1.29. The van der Waals surface area contributed by atoms with E-state index in [0.29, 0.717) is 35.4 Å². The molecule has 0 saturated heterocycles. The fourth-order valence-corrected chi connectivity index (χ4v) is 4.35. The summed E-state index contributed by atoms with van der Waals surface area (Å²) in [5, 5.41) is 0.527. The van der Waals surface area contributed by atoms with Crippen molar-refractivity contribution in [2.45, 2.75) is 45.6 Å². The number of H-pyrrole nitrogens is 1. The Morgan fingerprint density at radius 3 is 2.69 bits per heavy atom. The van der Waals surface area contributed by atoms with E-state index < -0.39 is 0 Å². The van der Waals surface area contributed by atoms with Gasteiger partial charge >= 0.3 is 5.97 Å². The highest BCUT2D eigenvalue weighted by atomic mass is 16.5. The van der Waals surface area contributed by atoms with E-state index in [1.54, 1.807) is 6.07 Å². The van der Waals surface area contributed by atoms with E-state index in [9.17, 15) is 14.4 Å². The summed E-state index contributed by atoms with van der Waals surface area (Å²) in [4.78, 5) is 43.9. The van der Waals surface area contributed by atoms with Gasteiger partial charge in [0.05, 0.1) is 16.8 Å². The molecule has 6 heteroatoms. The van der Waals surface area contributed by atoms with Crippen molar-refractivity contribution in [3.63, 3.8) is 0 Å². The number of Topliss-reactive ketones (excluding diaryl/α,β-unsaturated/α-hetero) is 1. The molecule has 1 heterocycles. The van der Waals surface area contributed by atoms with Crippen molar-refractivity contribution >= 4 is 22.7 Å². The summed E-state index contributed by atoms with van der Waals surface area (Å²) in [5.74, 6) is 0.190. The van der Waals surface area contributed by atoms with Crippen LogP contribution in [0.4, 0.5) is 0 Å². The molecular formula is C20H22N2O4. The molecule has 2 bridgehead atoms. The van der Waals surface area contributed by atoms with Gasteiger partial charge < -0.3 is 9.72 Å². The zero-order chi connectivity index (χ0) is 18.3. The molecule has 2 aliphatic rings. The zero-order valence-corrected chi connectivity index (χ0v) is 14.8.